The number of phenols is 1. The summed E-state index contributed by atoms with van der Waals surface area (Å²) in [6.07, 6.45) is 19.8. The van der Waals surface area contributed by atoms with Crippen LogP contribution in [-0.4, -0.2) is 31.0 Å². The first-order valence-corrected chi connectivity index (χ1v) is 19.8. The Bertz CT molecular complexity index is 995. The molecule has 0 aliphatic heterocycles. The van der Waals surface area contributed by atoms with Gasteiger partial charge in [-0.25, -0.2) is 0 Å². The number of aryl methyl sites for hydroxylation is 1. The van der Waals surface area contributed by atoms with Crippen LogP contribution in [0.25, 0.3) is 0 Å². The van der Waals surface area contributed by atoms with Gasteiger partial charge in [-0.1, -0.05) is 148 Å². The number of hydrogen-bond acceptors (Lipinski definition) is 5. The van der Waals surface area contributed by atoms with Crippen molar-refractivity contribution in [3.63, 3.8) is 0 Å². The Kier molecular flexibility index (Phi) is 19.9. The van der Waals surface area contributed by atoms with E-state index in [9.17, 15) is 31.0 Å². The number of aromatic hydroxyl groups is 1. The fourth-order valence-electron chi connectivity index (χ4n) is 5.82. The van der Waals surface area contributed by atoms with E-state index >= 15 is 0 Å². The van der Waals surface area contributed by atoms with Crippen LogP contribution >= 0.6 is 0 Å². The topological polar surface area (TPSA) is 129 Å². The molecule has 0 saturated heterocycles. The monoisotopic (exact) mass is 632 g/mol. The highest BCUT2D eigenvalue weighted by Crippen LogP contribution is 2.42. The fraction of sp³-hybridized carbons (Fsp3) is 0.818. The van der Waals surface area contributed by atoms with Crippen LogP contribution in [0, 0.1) is 0 Å². The molecule has 0 saturated carbocycles. The van der Waals surface area contributed by atoms with Gasteiger partial charge in [-0.05, 0) is 31.2 Å². The lowest BCUT2D eigenvalue weighted by atomic mass is 9.93. The molecule has 0 spiro atoms. The average Bonchev–Trinajstić information content (AvgIpc) is 2.91. The van der Waals surface area contributed by atoms with E-state index in [1.165, 1.54) is 19.3 Å². The van der Waals surface area contributed by atoms with E-state index in [2.05, 4.69) is 20.8 Å². The molecule has 0 amide bonds. The first-order chi connectivity index (χ1) is 20.0. The summed E-state index contributed by atoms with van der Waals surface area (Å²) < 4.78 is 70.9. The Hall–Kier alpha value is -1.16. The number of unbranched alkanes of at least 4 members (excludes halogenated alkanes) is 16. The van der Waals surface area contributed by atoms with Crippen LogP contribution in [0.2, 0.25) is 0 Å². The second kappa shape index (κ2) is 21.5. The van der Waals surface area contributed by atoms with E-state index in [4.69, 9.17) is 0 Å². The van der Waals surface area contributed by atoms with Gasteiger partial charge in [0.2, 0.25) is 0 Å². The molecule has 0 bridgehead atoms. The molecule has 0 aliphatic carbocycles. The van der Waals surface area contributed by atoms with Crippen molar-refractivity contribution in [1.29, 1.82) is 0 Å². The molecule has 0 aliphatic rings. The molecule has 1 aromatic rings. The Morgan fingerprint density at radius 1 is 0.524 bits per heavy atom. The van der Waals surface area contributed by atoms with Gasteiger partial charge in [-0.2, -0.15) is 16.8 Å². The average molecular weight is 633 g/mol. The molecule has 0 fully saturated rings. The Morgan fingerprint density at radius 2 is 0.833 bits per heavy atom. The summed E-state index contributed by atoms with van der Waals surface area (Å²) in [5, 5.41) is 8.66. The Morgan fingerprint density at radius 3 is 1.17 bits per heavy atom. The van der Waals surface area contributed by atoms with Gasteiger partial charge in [0.25, 0.3) is 20.2 Å². The molecule has 246 valence electrons. The van der Waals surface area contributed by atoms with Crippen LogP contribution in [-0.2, 0) is 26.7 Å². The molecule has 1 rings (SSSR count). The van der Waals surface area contributed by atoms with Gasteiger partial charge < -0.3 is 5.11 Å². The van der Waals surface area contributed by atoms with Crippen molar-refractivity contribution in [2.24, 2.45) is 0 Å². The quantitative estimate of drug-likeness (QED) is 0.0684. The Balaban J connectivity index is 3.32. The maximum Gasteiger partial charge on any atom is 0.272 e. The predicted molar refractivity (Wildman–Crippen MR) is 174 cm³/mol. The van der Waals surface area contributed by atoms with Crippen LogP contribution in [0.3, 0.4) is 0 Å². The molecule has 0 radical (unpaired) electrons. The first-order valence-electron chi connectivity index (χ1n) is 16.8. The van der Waals surface area contributed by atoms with Crippen LogP contribution in [0.4, 0.5) is 0 Å². The van der Waals surface area contributed by atoms with Crippen LogP contribution in [0.1, 0.15) is 183 Å². The van der Waals surface area contributed by atoms with Crippen molar-refractivity contribution in [3.8, 4) is 5.75 Å². The van der Waals surface area contributed by atoms with Gasteiger partial charge >= 0.3 is 0 Å². The van der Waals surface area contributed by atoms with Crippen LogP contribution in [0.5, 0.6) is 5.75 Å². The normalized spacial score (nSPS) is 13.8. The smallest absolute Gasteiger partial charge is 0.272 e. The molecule has 42 heavy (non-hydrogen) atoms. The van der Waals surface area contributed by atoms with E-state index < -0.39 is 36.5 Å². The second-order valence-electron chi connectivity index (χ2n) is 12.1. The third kappa shape index (κ3) is 15.5. The van der Waals surface area contributed by atoms with Crippen molar-refractivity contribution >= 4 is 20.2 Å². The zero-order valence-corrected chi connectivity index (χ0v) is 28.3. The van der Waals surface area contributed by atoms with E-state index in [1.54, 1.807) is 12.1 Å². The summed E-state index contributed by atoms with van der Waals surface area (Å²) in [6.45, 7) is 6.43. The summed E-state index contributed by atoms with van der Waals surface area (Å²) in [5.41, 5.74) is 0.802. The molecule has 2 atom stereocenters. The summed E-state index contributed by atoms with van der Waals surface area (Å²) in [5.74, 6) is -0.444. The number of benzene rings is 1. The minimum absolute atomic E-state index is 0.0399. The summed E-state index contributed by atoms with van der Waals surface area (Å²) >= 11 is 0. The molecule has 7 nitrogen and oxygen atoms in total. The lowest BCUT2D eigenvalue weighted by Crippen LogP contribution is -2.17. The minimum atomic E-state index is -4.57. The summed E-state index contributed by atoms with van der Waals surface area (Å²) in [6, 6.07) is 3.24. The summed E-state index contributed by atoms with van der Waals surface area (Å²) in [4.78, 5) is 0. The van der Waals surface area contributed by atoms with Gasteiger partial charge in [0, 0.05) is 11.1 Å². The van der Waals surface area contributed by atoms with Crippen LogP contribution in [0.15, 0.2) is 12.1 Å². The zero-order valence-electron chi connectivity index (χ0n) is 26.7. The molecule has 9 heteroatoms. The van der Waals surface area contributed by atoms with E-state index in [1.807, 2.05) is 0 Å². The van der Waals surface area contributed by atoms with Gasteiger partial charge in [-0.3, -0.25) is 9.11 Å². The van der Waals surface area contributed by atoms with Crippen molar-refractivity contribution in [3.05, 3.63) is 28.8 Å². The molecular weight excluding hydrogens is 572 g/mol. The molecule has 0 heterocycles. The first kappa shape index (κ1) is 38.9. The highest BCUT2D eigenvalue weighted by molar-refractivity contribution is 7.86. The highest BCUT2D eigenvalue weighted by Gasteiger charge is 2.33. The van der Waals surface area contributed by atoms with E-state index in [0.717, 1.165) is 95.5 Å². The lowest BCUT2D eigenvalue weighted by molar-refractivity contribution is 0.428. The van der Waals surface area contributed by atoms with Gasteiger partial charge in [0.1, 0.15) is 16.2 Å². The Labute approximate surface area is 257 Å². The van der Waals surface area contributed by atoms with Crippen molar-refractivity contribution in [2.45, 2.75) is 173 Å². The maximum absolute atomic E-state index is 12.6. The minimum Gasteiger partial charge on any atom is -0.507 e. The third-order valence-corrected chi connectivity index (χ3v) is 10.8. The van der Waals surface area contributed by atoms with Crippen LogP contribution < -0.4 is 0 Å². The van der Waals surface area contributed by atoms with Gasteiger partial charge in [-0.15, -0.1) is 0 Å². The van der Waals surface area contributed by atoms with Gasteiger partial charge in [0.15, 0.2) is 0 Å². The molecule has 0 aromatic heterocycles. The second-order valence-corrected chi connectivity index (χ2v) is 15.3. The summed E-state index contributed by atoms with van der Waals surface area (Å²) in [7, 11) is -9.14. The fourth-order valence-corrected chi connectivity index (χ4v) is 7.75. The van der Waals surface area contributed by atoms with Crippen molar-refractivity contribution in [1.82, 2.24) is 0 Å². The predicted octanol–water partition coefficient (Wildman–Crippen LogP) is 10.0. The third-order valence-electron chi connectivity index (χ3n) is 8.35. The standard InChI is InChI=1S/C33H60O7S2/c1-4-7-10-13-16-17-20-23-28-26-29(31(41(35,36)37)24-21-18-14-11-8-5-2)33(34)30(27-28)32(42(38,39)40)25-22-19-15-12-9-6-3/h26-27,31-32,34H,4-25H2,1-3H3,(H,35,36,37)(H,38,39,40). The van der Waals surface area contributed by atoms with Gasteiger partial charge in [0.05, 0.1) is 0 Å². The van der Waals surface area contributed by atoms with E-state index in [0.29, 0.717) is 19.3 Å². The highest BCUT2D eigenvalue weighted by atomic mass is 32.2. The molecule has 3 N–H and O–H groups in total. The SMILES string of the molecule is CCCCCCCCCc1cc(C(CCCCCCCC)S(=O)(=O)O)c(O)c(C(CCCCCCCC)S(=O)(=O)O)c1. The largest absolute Gasteiger partial charge is 0.507 e. The lowest BCUT2D eigenvalue weighted by Gasteiger charge is -2.23. The number of phenolic OH excluding ortho intramolecular Hbond substituents is 1. The molecule has 2 unspecified atom stereocenters. The molecule has 1 aromatic carbocycles. The maximum atomic E-state index is 12.6. The van der Waals surface area contributed by atoms with Crippen molar-refractivity contribution in [2.75, 3.05) is 0 Å². The number of rotatable bonds is 26. The number of hydrogen-bond donors (Lipinski definition) is 3. The zero-order chi connectivity index (χ0) is 31.4. The molecular formula is C33H60O7S2. The van der Waals surface area contributed by atoms with Crippen molar-refractivity contribution < 1.29 is 31.0 Å². The van der Waals surface area contributed by atoms with E-state index in [-0.39, 0.29) is 24.0 Å².